The largest absolute Gasteiger partial charge is 0.313 e. The van der Waals surface area contributed by atoms with E-state index in [9.17, 15) is 0 Å². The second-order valence-electron chi connectivity index (χ2n) is 4.06. The van der Waals surface area contributed by atoms with Gasteiger partial charge in [-0.1, -0.05) is 35.0 Å². The van der Waals surface area contributed by atoms with Crippen LogP contribution in [-0.4, -0.2) is 16.3 Å². The van der Waals surface area contributed by atoms with Crippen LogP contribution in [0.15, 0.2) is 35.1 Å². The number of hydrogen-bond acceptors (Lipinski definition) is 2. The summed E-state index contributed by atoms with van der Waals surface area (Å²) in [6.07, 6.45) is 3.91. The molecule has 5 heteroatoms. The predicted molar refractivity (Wildman–Crippen MR) is 85.6 cm³/mol. The molecule has 18 heavy (non-hydrogen) atoms. The number of rotatable bonds is 5. The molecule has 1 N–H and O–H groups in total. The Morgan fingerprint density at radius 2 is 2.28 bits per heavy atom. The third-order valence-electron chi connectivity index (χ3n) is 2.63. The van der Waals surface area contributed by atoms with Gasteiger partial charge < -0.3 is 5.32 Å². The monoisotopic (exact) mass is 419 g/mol. The average Bonchev–Trinajstić information content (AvgIpc) is 2.75. The Balaban J connectivity index is 2.09. The van der Waals surface area contributed by atoms with Gasteiger partial charge in [-0.15, -0.1) is 0 Å². The third-order valence-corrected chi connectivity index (χ3v) is 3.93. The normalized spacial score (nSPS) is 10.8. The molecule has 0 bridgehead atoms. The molecule has 0 saturated carbocycles. The van der Waals surface area contributed by atoms with Crippen molar-refractivity contribution in [1.82, 2.24) is 15.1 Å². The highest BCUT2D eigenvalue weighted by Crippen LogP contribution is 2.20. The first kappa shape index (κ1) is 14.0. The van der Waals surface area contributed by atoms with Gasteiger partial charge in [0.2, 0.25) is 0 Å². The van der Waals surface area contributed by atoms with Crippen molar-refractivity contribution in [2.24, 2.45) is 0 Å². The van der Waals surface area contributed by atoms with Gasteiger partial charge in [0.1, 0.15) is 0 Å². The molecule has 1 heterocycles. The van der Waals surface area contributed by atoms with Crippen molar-refractivity contribution in [3.63, 3.8) is 0 Å². The van der Waals surface area contributed by atoms with Crippen LogP contribution in [0.3, 0.4) is 0 Å². The van der Waals surface area contributed by atoms with Crippen LogP contribution in [0.25, 0.3) is 0 Å². The molecular formula is C13H15BrIN3. The van der Waals surface area contributed by atoms with Gasteiger partial charge in [-0.3, -0.25) is 4.68 Å². The molecular weight excluding hydrogens is 405 g/mol. The summed E-state index contributed by atoms with van der Waals surface area (Å²) >= 11 is 5.90. The number of halogens is 2. The molecule has 2 aromatic rings. The molecule has 0 amide bonds. The molecule has 2 rings (SSSR count). The van der Waals surface area contributed by atoms with Crippen LogP contribution in [0.1, 0.15) is 18.1 Å². The van der Waals surface area contributed by atoms with E-state index < -0.39 is 0 Å². The minimum absolute atomic E-state index is 0.797. The average molecular weight is 420 g/mol. The minimum atomic E-state index is 0.797. The molecule has 0 saturated heterocycles. The van der Waals surface area contributed by atoms with Gasteiger partial charge in [0, 0.05) is 17.2 Å². The highest BCUT2D eigenvalue weighted by atomic mass is 127. The summed E-state index contributed by atoms with van der Waals surface area (Å²) in [5, 5.41) is 7.63. The molecule has 0 aliphatic carbocycles. The highest BCUT2D eigenvalue weighted by Gasteiger charge is 2.03. The molecule has 1 aromatic carbocycles. The second-order valence-corrected chi connectivity index (χ2v) is 6.16. The van der Waals surface area contributed by atoms with Crippen LogP contribution in [0.2, 0.25) is 0 Å². The first-order valence-corrected chi connectivity index (χ1v) is 7.72. The Labute approximate surface area is 129 Å². The maximum Gasteiger partial charge on any atom is 0.0670 e. The Kier molecular flexibility index (Phi) is 5.20. The van der Waals surface area contributed by atoms with Crippen LogP contribution >= 0.6 is 38.5 Å². The molecule has 3 nitrogen and oxygen atoms in total. The lowest BCUT2D eigenvalue weighted by Gasteiger charge is -2.08. The van der Waals surface area contributed by atoms with Crippen molar-refractivity contribution in [3.8, 4) is 0 Å². The highest BCUT2D eigenvalue weighted by molar-refractivity contribution is 14.1. The molecule has 0 atom stereocenters. The summed E-state index contributed by atoms with van der Waals surface area (Å²) < 4.78 is 4.25. The minimum Gasteiger partial charge on any atom is -0.313 e. The van der Waals surface area contributed by atoms with Gasteiger partial charge in [-0.25, -0.2) is 0 Å². The number of nitrogens with one attached hydrogen (secondary N) is 1. The summed E-state index contributed by atoms with van der Waals surface area (Å²) in [6.45, 7) is 4.81. The zero-order valence-electron chi connectivity index (χ0n) is 10.2. The van der Waals surface area contributed by atoms with Crippen LogP contribution < -0.4 is 5.32 Å². The summed E-state index contributed by atoms with van der Waals surface area (Å²) in [5.41, 5.74) is 2.54. The molecule has 0 spiro atoms. The van der Waals surface area contributed by atoms with E-state index in [1.54, 1.807) is 0 Å². The third kappa shape index (κ3) is 3.80. The topological polar surface area (TPSA) is 29.9 Å². The van der Waals surface area contributed by atoms with Crippen molar-refractivity contribution in [1.29, 1.82) is 0 Å². The van der Waals surface area contributed by atoms with Gasteiger partial charge in [0.05, 0.1) is 16.3 Å². The van der Waals surface area contributed by atoms with Gasteiger partial charge in [-0.05, 0) is 46.3 Å². The van der Waals surface area contributed by atoms with Crippen LogP contribution in [0.4, 0.5) is 0 Å². The summed E-state index contributed by atoms with van der Waals surface area (Å²) in [4.78, 5) is 0. The fraction of sp³-hybridized carbons (Fsp3) is 0.308. The first-order valence-electron chi connectivity index (χ1n) is 5.85. The lowest BCUT2D eigenvalue weighted by molar-refractivity contribution is 0.683. The van der Waals surface area contributed by atoms with E-state index in [1.807, 2.05) is 17.1 Å². The number of hydrogen-bond donors (Lipinski definition) is 1. The molecule has 0 aliphatic heterocycles. The van der Waals surface area contributed by atoms with Crippen molar-refractivity contribution in [2.45, 2.75) is 20.0 Å². The van der Waals surface area contributed by atoms with E-state index in [0.29, 0.717) is 0 Å². The molecule has 0 aliphatic rings. The lowest BCUT2D eigenvalue weighted by atomic mass is 10.1. The maximum absolute atomic E-state index is 4.30. The first-order chi connectivity index (χ1) is 8.69. The van der Waals surface area contributed by atoms with E-state index in [4.69, 9.17) is 0 Å². The van der Waals surface area contributed by atoms with Crippen LogP contribution in [0.5, 0.6) is 0 Å². The van der Waals surface area contributed by atoms with Gasteiger partial charge in [-0.2, -0.15) is 5.10 Å². The van der Waals surface area contributed by atoms with Gasteiger partial charge >= 0.3 is 0 Å². The quantitative estimate of drug-likeness (QED) is 0.752. The zero-order chi connectivity index (χ0) is 13.0. The van der Waals surface area contributed by atoms with Crippen molar-refractivity contribution >= 4 is 38.5 Å². The molecule has 0 fully saturated rings. The number of nitrogens with zero attached hydrogens (tertiary/aromatic N) is 2. The Hall–Kier alpha value is -0.400. The predicted octanol–water partition coefficient (Wildman–Crippen LogP) is 3.41. The zero-order valence-corrected chi connectivity index (χ0v) is 13.9. The Morgan fingerprint density at radius 1 is 1.44 bits per heavy atom. The number of benzene rings is 1. The maximum atomic E-state index is 4.30. The van der Waals surface area contributed by atoms with Crippen molar-refractivity contribution in [3.05, 3.63) is 49.8 Å². The van der Waals surface area contributed by atoms with E-state index >= 15 is 0 Å². The summed E-state index contributed by atoms with van der Waals surface area (Å²) in [5.74, 6) is 0. The number of aromatic nitrogens is 2. The van der Waals surface area contributed by atoms with Crippen molar-refractivity contribution in [2.75, 3.05) is 6.54 Å². The Bertz CT molecular complexity index is 525. The van der Waals surface area contributed by atoms with Crippen LogP contribution in [0, 0.1) is 3.57 Å². The standard InChI is InChI=1S/C13H15BrIN3/c1-2-16-6-10-3-4-11(13(14)5-10)8-18-9-12(15)7-17-18/h3-5,7,9,16H,2,6,8H2,1H3. The second kappa shape index (κ2) is 6.68. The van der Waals surface area contributed by atoms with E-state index in [0.717, 1.165) is 27.7 Å². The SMILES string of the molecule is CCNCc1ccc(Cn2cc(I)cn2)c(Br)c1. The van der Waals surface area contributed by atoms with Gasteiger partial charge in [0.15, 0.2) is 0 Å². The Morgan fingerprint density at radius 3 is 2.89 bits per heavy atom. The van der Waals surface area contributed by atoms with E-state index in [-0.39, 0.29) is 0 Å². The van der Waals surface area contributed by atoms with Gasteiger partial charge in [0.25, 0.3) is 0 Å². The fourth-order valence-electron chi connectivity index (χ4n) is 1.70. The van der Waals surface area contributed by atoms with Crippen molar-refractivity contribution < 1.29 is 0 Å². The molecule has 1 aromatic heterocycles. The fourth-order valence-corrected chi connectivity index (χ4v) is 2.70. The molecule has 0 radical (unpaired) electrons. The summed E-state index contributed by atoms with van der Waals surface area (Å²) in [6, 6.07) is 6.50. The van der Waals surface area contributed by atoms with E-state index in [2.05, 4.69) is 74.1 Å². The smallest absolute Gasteiger partial charge is 0.0670 e. The summed E-state index contributed by atoms with van der Waals surface area (Å²) in [7, 11) is 0. The van der Waals surface area contributed by atoms with E-state index in [1.165, 1.54) is 11.1 Å². The van der Waals surface area contributed by atoms with Crippen LogP contribution in [-0.2, 0) is 13.1 Å². The molecule has 96 valence electrons. The molecule has 0 unspecified atom stereocenters. The lowest BCUT2D eigenvalue weighted by Crippen LogP contribution is -2.11.